The summed E-state index contributed by atoms with van der Waals surface area (Å²) in [5, 5.41) is 26.9. The number of carbonyl (C=O) groups is 1. The van der Waals surface area contributed by atoms with Crippen molar-refractivity contribution in [1.82, 2.24) is 20.4 Å². The van der Waals surface area contributed by atoms with E-state index in [-0.39, 0.29) is 5.78 Å². The van der Waals surface area contributed by atoms with Crippen LogP contribution in [0, 0.1) is 0 Å². The molecule has 0 aliphatic heterocycles. The SMILES string of the molecule is CC(=O)c1cc2cc(Br)ccc2nn1.C[C@@H](O)c1cc2cc(Br)ccc2nn1. The zero-order valence-electron chi connectivity index (χ0n) is 15.1. The van der Waals surface area contributed by atoms with E-state index in [1.165, 1.54) is 6.92 Å². The van der Waals surface area contributed by atoms with Gasteiger partial charge in [0.05, 0.1) is 22.8 Å². The van der Waals surface area contributed by atoms with Gasteiger partial charge in [-0.25, -0.2) is 0 Å². The number of benzene rings is 2. The Balaban J connectivity index is 0.000000161. The molecule has 1 atom stereocenters. The van der Waals surface area contributed by atoms with Gasteiger partial charge in [0.2, 0.25) is 0 Å². The van der Waals surface area contributed by atoms with Crippen LogP contribution in [0.3, 0.4) is 0 Å². The number of halogens is 2. The Labute approximate surface area is 178 Å². The van der Waals surface area contributed by atoms with E-state index in [9.17, 15) is 9.90 Å². The predicted molar refractivity (Wildman–Crippen MR) is 115 cm³/mol. The van der Waals surface area contributed by atoms with Crippen molar-refractivity contribution < 1.29 is 9.90 Å². The first-order chi connectivity index (χ1) is 13.3. The molecule has 0 unspecified atom stereocenters. The molecule has 142 valence electrons. The van der Waals surface area contributed by atoms with Gasteiger partial charge in [0.25, 0.3) is 0 Å². The number of fused-ring (bicyclic) bond motifs is 2. The average Bonchev–Trinajstić information content (AvgIpc) is 2.67. The Kier molecular flexibility index (Phi) is 6.43. The molecule has 0 aliphatic carbocycles. The fourth-order valence-electron chi connectivity index (χ4n) is 2.42. The van der Waals surface area contributed by atoms with Gasteiger partial charge in [0.15, 0.2) is 5.78 Å². The molecule has 28 heavy (non-hydrogen) atoms. The minimum Gasteiger partial charge on any atom is -0.387 e. The van der Waals surface area contributed by atoms with E-state index in [1.54, 1.807) is 13.0 Å². The molecular weight excluding hydrogens is 488 g/mol. The lowest BCUT2D eigenvalue weighted by atomic mass is 10.2. The van der Waals surface area contributed by atoms with E-state index in [0.717, 1.165) is 30.8 Å². The van der Waals surface area contributed by atoms with Crippen molar-refractivity contribution >= 4 is 59.4 Å². The molecule has 2 aromatic heterocycles. The van der Waals surface area contributed by atoms with Gasteiger partial charge in [0.1, 0.15) is 5.69 Å². The number of rotatable bonds is 2. The second-order valence-corrected chi connectivity index (χ2v) is 7.97. The average molecular weight is 504 g/mol. The molecule has 0 radical (unpaired) electrons. The highest BCUT2D eigenvalue weighted by atomic mass is 79.9. The van der Waals surface area contributed by atoms with E-state index >= 15 is 0 Å². The van der Waals surface area contributed by atoms with Gasteiger partial charge in [-0.3, -0.25) is 4.79 Å². The van der Waals surface area contributed by atoms with Crippen LogP contribution in [-0.2, 0) is 0 Å². The zero-order chi connectivity index (χ0) is 20.3. The van der Waals surface area contributed by atoms with Gasteiger partial charge in [-0.15, -0.1) is 10.2 Å². The maximum absolute atomic E-state index is 11.1. The smallest absolute Gasteiger partial charge is 0.180 e. The zero-order valence-corrected chi connectivity index (χ0v) is 18.3. The summed E-state index contributed by atoms with van der Waals surface area (Å²) in [6.45, 7) is 3.15. The molecule has 0 saturated heterocycles. The standard InChI is InChI=1S/C10H9BrN2O.C10H7BrN2O/c2*1-6(14)10-5-7-4-8(11)2-3-9(7)12-13-10/h2-6,14H,1H3;2-5H,1H3/t6-;/m1./s1. The van der Waals surface area contributed by atoms with Crippen LogP contribution in [0.25, 0.3) is 21.8 Å². The summed E-state index contributed by atoms with van der Waals surface area (Å²) in [5.41, 5.74) is 2.61. The van der Waals surface area contributed by atoms with Crippen LogP contribution in [0.5, 0.6) is 0 Å². The number of aliphatic hydroxyl groups excluding tert-OH is 1. The maximum Gasteiger partial charge on any atom is 0.180 e. The topological polar surface area (TPSA) is 88.9 Å². The molecule has 2 aromatic carbocycles. The number of carbonyl (C=O) groups excluding carboxylic acids is 1. The highest BCUT2D eigenvalue weighted by molar-refractivity contribution is 9.10. The van der Waals surface area contributed by atoms with Crippen LogP contribution in [0.4, 0.5) is 0 Å². The molecule has 0 amide bonds. The molecule has 0 aliphatic rings. The van der Waals surface area contributed by atoms with Crippen LogP contribution in [0.2, 0.25) is 0 Å². The monoisotopic (exact) mass is 502 g/mol. The molecule has 6 nitrogen and oxygen atoms in total. The van der Waals surface area contributed by atoms with Gasteiger partial charge in [-0.2, -0.15) is 10.2 Å². The molecule has 2 heterocycles. The first kappa shape index (κ1) is 20.4. The lowest BCUT2D eigenvalue weighted by molar-refractivity contribution is 0.101. The molecule has 0 fully saturated rings. The number of hydrogen-bond donors (Lipinski definition) is 1. The van der Waals surface area contributed by atoms with Crippen LogP contribution in [-0.4, -0.2) is 31.3 Å². The quantitative estimate of drug-likeness (QED) is 0.385. The predicted octanol–water partition coefficient (Wildman–Crippen LogP) is 5.04. The van der Waals surface area contributed by atoms with Crippen molar-refractivity contribution in [2.24, 2.45) is 0 Å². The van der Waals surface area contributed by atoms with E-state index < -0.39 is 6.10 Å². The van der Waals surface area contributed by atoms with E-state index in [2.05, 4.69) is 52.3 Å². The van der Waals surface area contributed by atoms with Crippen molar-refractivity contribution in [3.63, 3.8) is 0 Å². The number of aromatic nitrogens is 4. The largest absolute Gasteiger partial charge is 0.387 e. The van der Waals surface area contributed by atoms with Crippen LogP contribution < -0.4 is 0 Å². The minimum atomic E-state index is -0.578. The fraction of sp³-hybridized carbons (Fsp3) is 0.150. The normalized spacial score (nSPS) is 11.8. The molecule has 0 bridgehead atoms. The van der Waals surface area contributed by atoms with Crippen molar-refractivity contribution in [2.75, 3.05) is 0 Å². The van der Waals surface area contributed by atoms with Gasteiger partial charge >= 0.3 is 0 Å². The molecule has 1 N–H and O–H groups in total. The summed E-state index contributed by atoms with van der Waals surface area (Å²) in [6.07, 6.45) is -0.578. The lowest BCUT2D eigenvalue weighted by Crippen LogP contribution is -1.98. The highest BCUT2D eigenvalue weighted by Crippen LogP contribution is 2.20. The maximum atomic E-state index is 11.1. The molecule has 0 spiro atoms. The van der Waals surface area contributed by atoms with E-state index in [4.69, 9.17) is 0 Å². The molecule has 8 heteroatoms. The summed E-state index contributed by atoms with van der Waals surface area (Å²) in [5.74, 6) is -0.0700. The summed E-state index contributed by atoms with van der Waals surface area (Å²) < 4.78 is 1.96. The Morgan fingerprint density at radius 2 is 1.39 bits per heavy atom. The third-order valence-electron chi connectivity index (χ3n) is 3.90. The fourth-order valence-corrected chi connectivity index (χ4v) is 3.18. The summed E-state index contributed by atoms with van der Waals surface area (Å²) in [7, 11) is 0. The second-order valence-electron chi connectivity index (χ2n) is 6.14. The van der Waals surface area contributed by atoms with Gasteiger partial charge in [0, 0.05) is 26.6 Å². The summed E-state index contributed by atoms with van der Waals surface area (Å²) in [4.78, 5) is 11.1. The minimum absolute atomic E-state index is 0.0700. The van der Waals surface area contributed by atoms with Crippen LogP contribution >= 0.6 is 31.9 Å². The van der Waals surface area contributed by atoms with Crippen LogP contribution in [0.15, 0.2) is 57.5 Å². The number of hydrogen-bond acceptors (Lipinski definition) is 6. The van der Waals surface area contributed by atoms with E-state index in [0.29, 0.717) is 11.4 Å². The lowest BCUT2D eigenvalue weighted by Gasteiger charge is -2.03. The third kappa shape index (κ3) is 4.95. The van der Waals surface area contributed by atoms with Gasteiger partial charge in [-0.1, -0.05) is 31.9 Å². The van der Waals surface area contributed by atoms with Gasteiger partial charge in [-0.05, 0) is 55.5 Å². The number of aliphatic hydroxyl groups is 1. The van der Waals surface area contributed by atoms with Crippen LogP contribution in [0.1, 0.15) is 36.1 Å². The Hall–Kier alpha value is -2.29. The highest BCUT2D eigenvalue weighted by Gasteiger charge is 2.05. The number of ketones is 1. The Morgan fingerprint density at radius 1 is 0.857 bits per heavy atom. The van der Waals surface area contributed by atoms with Crippen molar-refractivity contribution in [1.29, 1.82) is 0 Å². The Morgan fingerprint density at radius 3 is 1.93 bits per heavy atom. The summed E-state index contributed by atoms with van der Waals surface area (Å²) >= 11 is 6.74. The first-order valence-corrected chi connectivity index (χ1v) is 9.97. The first-order valence-electron chi connectivity index (χ1n) is 8.38. The van der Waals surface area contributed by atoms with Crippen molar-refractivity contribution in [3.8, 4) is 0 Å². The summed E-state index contributed by atoms with van der Waals surface area (Å²) in [6, 6.07) is 15.0. The van der Waals surface area contributed by atoms with Gasteiger partial charge < -0.3 is 5.11 Å². The molecule has 0 saturated carbocycles. The van der Waals surface area contributed by atoms with Crippen molar-refractivity contribution in [3.05, 3.63) is 68.9 Å². The number of Topliss-reactive ketones (excluding diaryl/α,β-unsaturated/α-hetero) is 1. The molecule has 4 rings (SSSR count). The second kappa shape index (κ2) is 8.81. The van der Waals surface area contributed by atoms with E-state index in [1.807, 2.05) is 42.5 Å². The molecular formula is C20H16Br2N4O2. The third-order valence-corrected chi connectivity index (χ3v) is 4.89. The van der Waals surface area contributed by atoms with Crippen molar-refractivity contribution in [2.45, 2.75) is 20.0 Å². The Bertz CT molecular complexity index is 1170. The number of nitrogens with zero attached hydrogens (tertiary/aromatic N) is 4. The molecule has 4 aromatic rings.